The van der Waals surface area contributed by atoms with E-state index in [0.29, 0.717) is 6.61 Å². The lowest BCUT2D eigenvalue weighted by Crippen LogP contribution is -2.44. The van der Waals surface area contributed by atoms with E-state index in [0.717, 1.165) is 0 Å². The van der Waals surface area contributed by atoms with Gasteiger partial charge in [0.25, 0.3) is 0 Å². The van der Waals surface area contributed by atoms with Gasteiger partial charge < -0.3 is 20.9 Å². The van der Waals surface area contributed by atoms with Crippen LogP contribution in [0.2, 0.25) is 0 Å². The third-order valence-corrected chi connectivity index (χ3v) is 1.59. The predicted molar refractivity (Wildman–Crippen MR) is 49.3 cm³/mol. The molecular weight excluding hydrogens is 188 g/mol. The van der Waals surface area contributed by atoms with Crippen molar-refractivity contribution in [2.45, 2.75) is 26.0 Å². The fourth-order valence-electron chi connectivity index (χ4n) is 0.740. The first-order chi connectivity index (χ1) is 6.49. The number of carbonyl (C=O) groups is 2. The van der Waals surface area contributed by atoms with Crippen molar-refractivity contribution in [1.29, 1.82) is 0 Å². The highest BCUT2D eigenvalue weighted by atomic mass is 16.5. The van der Waals surface area contributed by atoms with Crippen molar-refractivity contribution in [1.82, 2.24) is 5.32 Å². The van der Waals surface area contributed by atoms with Gasteiger partial charge in [0.05, 0.1) is 6.61 Å². The molecule has 0 radical (unpaired) electrons. The van der Waals surface area contributed by atoms with Crippen LogP contribution in [0, 0.1) is 0 Å². The molecule has 0 fully saturated rings. The van der Waals surface area contributed by atoms with Crippen LogP contribution < -0.4 is 11.1 Å². The Morgan fingerprint density at radius 1 is 1.57 bits per heavy atom. The maximum atomic E-state index is 11.0. The lowest BCUT2D eigenvalue weighted by atomic mass is 10.3. The zero-order valence-electron chi connectivity index (χ0n) is 8.32. The van der Waals surface area contributed by atoms with E-state index in [4.69, 9.17) is 15.6 Å². The summed E-state index contributed by atoms with van der Waals surface area (Å²) in [6.07, 6.45) is -1.29. The van der Waals surface area contributed by atoms with Crippen LogP contribution >= 0.6 is 0 Å². The molecule has 0 saturated heterocycles. The van der Waals surface area contributed by atoms with Crippen LogP contribution in [0.4, 0.5) is 0 Å². The van der Waals surface area contributed by atoms with Gasteiger partial charge in [-0.05, 0) is 13.8 Å². The van der Waals surface area contributed by atoms with Gasteiger partial charge in [0.2, 0.25) is 5.91 Å². The monoisotopic (exact) mass is 204 g/mol. The number of esters is 1. The van der Waals surface area contributed by atoms with Crippen molar-refractivity contribution < 1.29 is 19.4 Å². The zero-order chi connectivity index (χ0) is 11.1. The van der Waals surface area contributed by atoms with Crippen LogP contribution in [-0.2, 0) is 14.3 Å². The maximum Gasteiger partial charge on any atom is 0.322 e. The molecule has 4 N–H and O–H groups in total. The molecule has 0 aliphatic heterocycles. The molecule has 0 aliphatic carbocycles. The van der Waals surface area contributed by atoms with Crippen LogP contribution in [0.15, 0.2) is 0 Å². The number of aliphatic hydroxyl groups is 1. The van der Waals surface area contributed by atoms with E-state index in [2.05, 4.69) is 5.32 Å². The fourth-order valence-corrected chi connectivity index (χ4v) is 0.740. The van der Waals surface area contributed by atoms with E-state index >= 15 is 0 Å². The largest absolute Gasteiger partial charge is 0.465 e. The number of nitrogens with one attached hydrogen (secondary N) is 1. The van der Waals surface area contributed by atoms with E-state index in [1.807, 2.05) is 0 Å². The second-order valence-corrected chi connectivity index (χ2v) is 2.80. The van der Waals surface area contributed by atoms with Gasteiger partial charge in [-0.1, -0.05) is 0 Å². The third kappa shape index (κ3) is 4.78. The second kappa shape index (κ2) is 6.33. The number of primary amides is 1. The summed E-state index contributed by atoms with van der Waals surface area (Å²) in [5.41, 5.74) is 4.81. The summed E-state index contributed by atoms with van der Waals surface area (Å²) >= 11 is 0. The standard InChI is InChI=1S/C8H16N2O4/c1-3-14-8(13)5(2)10-4-6(11)7(9)12/h5-6,10-11H,3-4H2,1-2H3,(H2,9,12). The smallest absolute Gasteiger partial charge is 0.322 e. The number of amides is 1. The van der Waals surface area contributed by atoms with Crippen LogP contribution in [0.5, 0.6) is 0 Å². The Balaban J connectivity index is 3.78. The number of aliphatic hydroxyl groups excluding tert-OH is 1. The van der Waals surface area contributed by atoms with Crippen LogP contribution in [0.25, 0.3) is 0 Å². The van der Waals surface area contributed by atoms with E-state index in [-0.39, 0.29) is 6.54 Å². The molecule has 0 spiro atoms. The Kier molecular flexibility index (Phi) is 5.82. The zero-order valence-corrected chi connectivity index (χ0v) is 8.32. The Bertz CT molecular complexity index is 208. The molecule has 2 atom stereocenters. The van der Waals surface area contributed by atoms with Crippen LogP contribution in [-0.4, -0.2) is 42.3 Å². The minimum absolute atomic E-state index is 0.0602. The highest BCUT2D eigenvalue weighted by Gasteiger charge is 2.16. The quantitative estimate of drug-likeness (QED) is 0.451. The molecule has 14 heavy (non-hydrogen) atoms. The summed E-state index contributed by atoms with van der Waals surface area (Å²) < 4.78 is 4.70. The van der Waals surface area contributed by atoms with Crippen molar-refractivity contribution in [3.05, 3.63) is 0 Å². The minimum Gasteiger partial charge on any atom is -0.465 e. The summed E-state index contributed by atoms with van der Waals surface area (Å²) in [5, 5.41) is 11.6. The molecule has 1 amide bonds. The van der Waals surface area contributed by atoms with Gasteiger partial charge in [-0.25, -0.2) is 0 Å². The normalized spacial score (nSPS) is 14.5. The van der Waals surface area contributed by atoms with Crippen molar-refractivity contribution in [2.75, 3.05) is 13.2 Å². The van der Waals surface area contributed by atoms with Crippen LogP contribution in [0.1, 0.15) is 13.8 Å². The molecule has 0 rings (SSSR count). The topological polar surface area (TPSA) is 102 Å². The van der Waals surface area contributed by atoms with Crippen molar-refractivity contribution in [2.24, 2.45) is 5.73 Å². The Hall–Kier alpha value is -1.14. The first-order valence-electron chi connectivity index (χ1n) is 4.36. The molecular formula is C8H16N2O4. The molecule has 0 aliphatic rings. The van der Waals surface area contributed by atoms with Gasteiger partial charge >= 0.3 is 5.97 Å². The van der Waals surface area contributed by atoms with Gasteiger partial charge in [-0.2, -0.15) is 0 Å². The molecule has 82 valence electrons. The number of carbonyl (C=O) groups excluding carboxylic acids is 2. The molecule has 0 bridgehead atoms. The summed E-state index contributed by atoms with van der Waals surface area (Å²) in [7, 11) is 0. The van der Waals surface area contributed by atoms with E-state index in [9.17, 15) is 9.59 Å². The van der Waals surface area contributed by atoms with E-state index in [1.54, 1.807) is 13.8 Å². The Labute approximate surface area is 82.4 Å². The summed E-state index contributed by atoms with van der Waals surface area (Å²) in [4.78, 5) is 21.5. The molecule has 6 nitrogen and oxygen atoms in total. The minimum atomic E-state index is -1.29. The highest BCUT2D eigenvalue weighted by Crippen LogP contribution is 1.88. The van der Waals surface area contributed by atoms with Gasteiger partial charge in [0, 0.05) is 6.54 Å². The lowest BCUT2D eigenvalue weighted by Gasteiger charge is -2.13. The number of rotatable bonds is 6. The lowest BCUT2D eigenvalue weighted by molar-refractivity contribution is -0.145. The van der Waals surface area contributed by atoms with Gasteiger partial charge in [0.1, 0.15) is 12.1 Å². The van der Waals surface area contributed by atoms with Crippen molar-refractivity contribution in [3.8, 4) is 0 Å². The van der Waals surface area contributed by atoms with Crippen molar-refractivity contribution >= 4 is 11.9 Å². The number of ether oxygens (including phenoxy) is 1. The van der Waals surface area contributed by atoms with Gasteiger partial charge in [-0.3, -0.25) is 9.59 Å². The Morgan fingerprint density at radius 2 is 2.14 bits per heavy atom. The Morgan fingerprint density at radius 3 is 2.57 bits per heavy atom. The average molecular weight is 204 g/mol. The molecule has 0 aromatic carbocycles. The predicted octanol–water partition coefficient (Wildman–Crippen LogP) is -1.63. The summed E-state index contributed by atoms with van der Waals surface area (Å²) in [6.45, 7) is 3.51. The second-order valence-electron chi connectivity index (χ2n) is 2.80. The molecule has 0 heterocycles. The van der Waals surface area contributed by atoms with E-state index < -0.39 is 24.0 Å². The number of hydrogen-bond donors (Lipinski definition) is 3. The van der Waals surface area contributed by atoms with Gasteiger partial charge in [0.15, 0.2) is 0 Å². The molecule has 0 aromatic heterocycles. The molecule has 0 saturated carbocycles. The summed E-state index contributed by atoms with van der Waals surface area (Å²) in [5.74, 6) is -1.25. The molecule has 0 aromatic rings. The maximum absolute atomic E-state index is 11.0. The summed E-state index contributed by atoms with van der Waals surface area (Å²) in [6, 6.07) is -0.566. The highest BCUT2D eigenvalue weighted by molar-refractivity contribution is 5.79. The number of nitrogens with two attached hydrogens (primary N) is 1. The SMILES string of the molecule is CCOC(=O)C(C)NCC(O)C(N)=O. The fraction of sp³-hybridized carbons (Fsp3) is 0.750. The third-order valence-electron chi connectivity index (χ3n) is 1.59. The van der Waals surface area contributed by atoms with Gasteiger partial charge in [-0.15, -0.1) is 0 Å². The first-order valence-corrected chi connectivity index (χ1v) is 4.36. The number of hydrogen-bond acceptors (Lipinski definition) is 5. The van der Waals surface area contributed by atoms with Crippen molar-refractivity contribution in [3.63, 3.8) is 0 Å². The van der Waals surface area contributed by atoms with Crippen LogP contribution in [0.3, 0.4) is 0 Å². The van der Waals surface area contributed by atoms with E-state index in [1.165, 1.54) is 0 Å². The molecule has 2 unspecified atom stereocenters. The first kappa shape index (κ1) is 12.9. The average Bonchev–Trinajstić information content (AvgIpc) is 2.13. The molecule has 6 heteroatoms.